The number of para-hydroxylation sites is 2. The molecule has 2 aromatic carbocycles. The van der Waals surface area contributed by atoms with Crippen LogP contribution in [0.5, 0.6) is 0 Å². The molecule has 48 heteroatoms. The average Bonchev–Trinajstić information content (AvgIpc) is 1.69. The standard InChI is InChI=1S/C69H95N19O27S2/c1-31(2)57(88-53(96)25-76-59(104)39(12-14-54(97)98)80-58(103)32(3)70)68(113)87-48(30-117)67(112)85-45(27-90)66(111)83-42(17-34-20-72-38-11-7-5-9-36(34)38)62(107)82-41(16-33-19-71-37-10-6-4-8-35(33)37)63(108)84-43(18-56(101)102)64(109)86-47(29-116)61(106)77-24-52(95)78-44(26-89)65(110)81-40(13-15-55(99)100)60(105)75-22-50(93)73-21-49(92)74-23-51(94)79-46(28-91)69(114)115/h4-11,19-20,31-32,39-48,57,71-72,89-91,116-117H,12-18,21-30,70H2,1-3H3,(H,73,93)(H,74,92)(H,75,105)(H,76,104)(H,77,106)(H,78,95)(H,79,94)(H,80,103)(H,81,110)(H,82,107)(H,83,111)(H,84,108)(H,85,112)(H,86,109)(H,87,113)(H,88,96)(H,97,98)(H,99,100)(H,101,102)(H,114,115)/t32-,39-,40-,41-,42-,43-,44-,45-,46-,47-,48-,57-/m0/s1. The number of carboxylic acids is 4. The van der Waals surface area contributed by atoms with Crippen LogP contribution in [0.15, 0.2) is 60.9 Å². The lowest BCUT2D eigenvalue weighted by molar-refractivity contribution is -0.143. The Labute approximate surface area is 675 Å². The number of H-pyrrole nitrogens is 2. The quantitative estimate of drug-likeness (QED) is 0.0183. The van der Waals surface area contributed by atoms with E-state index in [1.807, 2.05) is 5.32 Å². The number of hydrogen-bond acceptors (Lipinski definition) is 26. The number of fused-ring (bicyclic) bond motifs is 2. The van der Waals surface area contributed by atoms with Crippen LogP contribution in [-0.4, -0.2) is 301 Å². The van der Waals surface area contributed by atoms with Gasteiger partial charge in [-0.25, -0.2) is 4.79 Å². The van der Waals surface area contributed by atoms with Crippen LogP contribution in [0.4, 0.5) is 0 Å². The number of aliphatic hydroxyl groups is 3. The van der Waals surface area contributed by atoms with E-state index in [1.54, 1.807) is 48.5 Å². The number of nitrogens with two attached hydrogens (primary N) is 1. The van der Waals surface area contributed by atoms with Crippen molar-refractivity contribution in [2.24, 2.45) is 11.7 Å². The first-order chi connectivity index (χ1) is 55.3. The number of aromatic nitrogens is 2. The summed E-state index contributed by atoms with van der Waals surface area (Å²) in [6.07, 6.45) is -1.32. The molecule has 27 N–H and O–H groups in total. The van der Waals surface area contributed by atoms with Crippen LogP contribution in [0.25, 0.3) is 21.8 Å². The van der Waals surface area contributed by atoms with E-state index in [2.05, 4.69) is 115 Å². The van der Waals surface area contributed by atoms with Gasteiger partial charge >= 0.3 is 23.9 Å². The second-order valence-corrected chi connectivity index (χ2v) is 27.1. The first-order valence-electron chi connectivity index (χ1n) is 35.8. The van der Waals surface area contributed by atoms with Crippen LogP contribution in [0, 0.1) is 5.92 Å². The fourth-order valence-electron chi connectivity index (χ4n) is 10.7. The smallest absolute Gasteiger partial charge is 0.328 e. The Kier molecular flexibility index (Phi) is 40.2. The molecule has 0 unspecified atom stereocenters. The molecular formula is C69H95N19O27S2. The maximum absolute atomic E-state index is 15.0. The Morgan fingerprint density at radius 3 is 1.10 bits per heavy atom. The van der Waals surface area contributed by atoms with Crippen molar-refractivity contribution >= 4 is 165 Å². The molecule has 0 spiro atoms. The lowest BCUT2D eigenvalue weighted by Crippen LogP contribution is -2.62. The minimum atomic E-state index is -2.08. The second kappa shape index (κ2) is 48.6. The SMILES string of the molecule is CC(C)[C@H](NC(=O)CNC(=O)[C@H](CCC(=O)O)NC(=O)[C@H](C)N)C(=O)N[C@@H](CS)C(=O)N[C@@H](CO)C(=O)N[C@@H](Cc1c[nH]c2ccccc12)C(=O)N[C@@H](Cc1c[nH]c2ccccc12)C(=O)N[C@@H](CC(=O)O)C(=O)N[C@@H](CS)C(=O)NCC(=O)N[C@@H](CO)C(=O)N[C@@H](CCC(=O)O)C(=O)NCC(=O)NCC(=O)NCC(=O)N[C@@H](CO)C(=O)O. The molecule has 0 aliphatic heterocycles. The zero-order valence-corrected chi connectivity index (χ0v) is 64.9. The van der Waals surface area contributed by atoms with Crippen LogP contribution < -0.4 is 90.8 Å². The molecule has 0 radical (unpaired) electrons. The first kappa shape index (κ1) is 96.8. The van der Waals surface area contributed by atoms with Crippen molar-refractivity contribution in [1.82, 2.24) is 95.0 Å². The van der Waals surface area contributed by atoms with Gasteiger partial charge in [-0.05, 0) is 48.9 Å². The number of aliphatic carboxylic acids is 4. The van der Waals surface area contributed by atoms with Crippen LogP contribution >= 0.6 is 25.3 Å². The summed E-state index contributed by atoms with van der Waals surface area (Å²) in [7, 11) is 0. The van der Waals surface area contributed by atoms with Gasteiger partial charge in [-0.15, -0.1) is 0 Å². The zero-order valence-electron chi connectivity index (χ0n) is 63.1. The van der Waals surface area contributed by atoms with E-state index in [-0.39, 0.29) is 12.8 Å². The summed E-state index contributed by atoms with van der Waals surface area (Å²) in [5.41, 5.74) is 7.46. The highest BCUT2D eigenvalue weighted by atomic mass is 32.1. The van der Waals surface area contributed by atoms with Crippen molar-refractivity contribution < 1.29 is 132 Å². The Morgan fingerprint density at radius 1 is 0.359 bits per heavy atom. The average molecular weight is 1690 g/mol. The van der Waals surface area contributed by atoms with Gasteiger partial charge in [0.2, 0.25) is 94.5 Å². The van der Waals surface area contributed by atoms with Gasteiger partial charge in [0.05, 0.1) is 65.0 Å². The maximum Gasteiger partial charge on any atom is 0.328 e. The van der Waals surface area contributed by atoms with Crippen LogP contribution in [-0.2, 0) is 109 Å². The molecule has 16 amide bonds. The van der Waals surface area contributed by atoms with Crippen molar-refractivity contribution in [3.05, 3.63) is 72.1 Å². The molecule has 46 nitrogen and oxygen atoms in total. The number of carbonyl (C=O) groups excluding carboxylic acids is 16. The number of hydrogen-bond donors (Lipinski definition) is 28. The summed E-state index contributed by atoms with van der Waals surface area (Å²) >= 11 is 8.30. The van der Waals surface area contributed by atoms with Gasteiger partial charge in [0.1, 0.15) is 66.5 Å². The molecule has 0 aliphatic rings. The second-order valence-electron chi connectivity index (χ2n) is 26.4. The minimum absolute atomic E-state index is 0.367. The Hall–Kier alpha value is -12.5. The van der Waals surface area contributed by atoms with Crippen molar-refractivity contribution in [2.45, 2.75) is 138 Å². The molecule has 0 fully saturated rings. The Morgan fingerprint density at radius 2 is 0.684 bits per heavy atom. The molecular weight excluding hydrogens is 1590 g/mol. The minimum Gasteiger partial charge on any atom is -0.481 e. The van der Waals surface area contributed by atoms with Gasteiger partial charge < -0.3 is 137 Å². The number of aliphatic hydroxyl groups excluding tert-OH is 3. The molecule has 0 saturated heterocycles. The van der Waals surface area contributed by atoms with Crippen LogP contribution in [0.1, 0.15) is 64.0 Å². The van der Waals surface area contributed by atoms with Crippen LogP contribution in [0.2, 0.25) is 0 Å². The molecule has 2 heterocycles. The molecule has 0 saturated carbocycles. The predicted octanol–water partition coefficient (Wildman–Crippen LogP) is -10.5. The van der Waals surface area contributed by atoms with E-state index in [4.69, 9.17) is 21.1 Å². The zero-order chi connectivity index (χ0) is 87.3. The number of nitrogens with one attached hydrogen (secondary N) is 18. The monoisotopic (exact) mass is 1690 g/mol. The molecule has 4 rings (SSSR count). The number of thiol groups is 2. The molecule has 0 bridgehead atoms. The molecule has 4 aromatic rings. The van der Waals surface area contributed by atoms with E-state index in [1.165, 1.54) is 33.2 Å². The summed E-state index contributed by atoms with van der Waals surface area (Å²) in [5.74, 6) is -25.3. The highest BCUT2D eigenvalue weighted by molar-refractivity contribution is 7.80. The lowest BCUT2D eigenvalue weighted by Gasteiger charge is -2.27. The van der Waals surface area contributed by atoms with Crippen molar-refractivity contribution in [1.29, 1.82) is 0 Å². The number of aromatic amines is 2. The number of carbonyl (C=O) groups is 20. The van der Waals surface area contributed by atoms with Crippen molar-refractivity contribution in [3.8, 4) is 0 Å². The summed E-state index contributed by atoms with van der Waals surface area (Å²) in [6, 6.07) is -6.74. The molecule has 12 atom stereocenters. The summed E-state index contributed by atoms with van der Waals surface area (Å²) < 4.78 is 0. The largest absolute Gasteiger partial charge is 0.481 e. The molecule has 117 heavy (non-hydrogen) atoms. The fraction of sp³-hybridized carbons (Fsp3) is 0.478. The normalized spacial score (nSPS) is 14.1. The van der Waals surface area contributed by atoms with Crippen molar-refractivity contribution in [3.63, 3.8) is 0 Å². The third-order valence-electron chi connectivity index (χ3n) is 17.0. The van der Waals surface area contributed by atoms with E-state index in [0.717, 1.165) is 0 Å². The molecule has 640 valence electrons. The lowest BCUT2D eigenvalue weighted by atomic mass is 10.0. The topological polar surface area (TPSA) is 733 Å². The van der Waals surface area contributed by atoms with Gasteiger partial charge in [-0.1, -0.05) is 50.2 Å². The van der Waals surface area contributed by atoms with E-state index >= 15 is 4.79 Å². The highest BCUT2D eigenvalue weighted by Gasteiger charge is 2.37. The third kappa shape index (κ3) is 32.7. The van der Waals surface area contributed by atoms with Gasteiger partial charge in [0.25, 0.3) is 0 Å². The third-order valence-corrected chi connectivity index (χ3v) is 17.7. The highest BCUT2D eigenvalue weighted by Crippen LogP contribution is 2.22. The number of carboxylic acid groups (broad SMARTS) is 4. The number of amides is 16. The summed E-state index contributed by atoms with van der Waals surface area (Å²) in [6.45, 7) is -3.18. The van der Waals surface area contributed by atoms with Gasteiger partial charge in [-0.2, -0.15) is 25.3 Å². The first-order valence-corrected chi connectivity index (χ1v) is 37.1. The van der Waals surface area contributed by atoms with E-state index in [9.17, 15) is 112 Å². The van der Waals surface area contributed by atoms with Gasteiger partial charge in [-0.3, -0.25) is 91.1 Å². The number of rotatable bonds is 51. The summed E-state index contributed by atoms with van der Waals surface area (Å²) in [5, 5.41) is 104. The maximum atomic E-state index is 15.0. The van der Waals surface area contributed by atoms with Gasteiger partial charge in [0.15, 0.2) is 0 Å². The predicted molar refractivity (Wildman–Crippen MR) is 411 cm³/mol. The Bertz CT molecular complexity index is 4270. The molecule has 2 aromatic heterocycles. The van der Waals surface area contributed by atoms with Crippen molar-refractivity contribution in [2.75, 3.05) is 64.1 Å². The fourth-order valence-corrected chi connectivity index (χ4v) is 11.2. The van der Waals surface area contributed by atoms with E-state index < -0.39 is 293 Å². The molecule has 0 aliphatic carbocycles. The summed E-state index contributed by atoms with van der Waals surface area (Å²) in [4.78, 5) is 266. The van der Waals surface area contributed by atoms with E-state index in [0.29, 0.717) is 32.9 Å². The van der Waals surface area contributed by atoms with Gasteiger partial charge in [0, 0.05) is 71.4 Å². The number of benzene rings is 2. The Balaban J connectivity index is 1.50. The van der Waals surface area contributed by atoms with Crippen LogP contribution in [0.3, 0.4) is 0 Å².